The number of nitro benzene ring substituents is 1. The number of fused-ring (bicyclic) bond motifs is 1. The first-order valence-corrected chi connectivity index (χ1v) is 5.62. The van der Waals surface area contributed by atoms with Gasteiger partial charge in [0.2, 0.25) is 0 Å². The Morgan fingerprint density at radius 1 is 1.41 bits per heavy atom. The molecule has 0 bridgehead atoms. The Hall–Kier alpha value is -2.04. The maximum Gasteiger partial charge on any atom is 0.270 e. The highest BCUT2D eigenvalue weighted by atomic mass is 16.6. The molecule has 1 N–H and O–H groups in total. The zero-order valence-corrected chi connectivity index (χ0v) is 9.60. The molecule has 0 atom stereocenters. The molecule has 1 aromatic heterocycles. The fraction of sp³-hybridized carbons (Fsp3) is 0.333. The van der Waals surface area contributed by atoms with Crippen molar-refractivity contribution >= 4 is 22.5 Å². The molecule has 0 saturated carbocycles. The van der Waals surface area contributed by atoms with E-state index in [-0.39, 0.29) is 5.69 Å². The molecule has 0 amide bonds. The second-order valence-electron chi connectivity index (χ2n) is 3.87. The maximum absolute atomic E-state index is 10.6. The van der Waals surface area contributed by atoms with Gasteiger partial charge in [0, 0.05) is 30.1 Å². The van der Waals surface area contributed by atoms with Crippen molar-refractivity contribution in [2.24, 2.45) is 0 Å². The lowest BCUT2D eigenvalue weighted by molar-refractivity contribution is -0.384. The van der Waals surface area contributed by atoms with E-state index in [1.54, 1.807) is 12.1 Å². The molecule has 0 aliphatic heterocycles. The van der Waals surface area contributed by atoms with Gasteiger partial charge in [0.15, 0.2) is 5.88 Å². The van der Waals surface area contributed by atoms with E-state index in [9.17, 15) is 10.1 Å². The van der Waals surface area contributed by atoms with Crippen molar-refractivity contribution in [3.05, 3.63) is 34.4 Å². The monoisotopic (exact) mass is 234 g/mol. The highest BCUT2D eigenvalue weighted by Crippen LogP contribution is 2.26. The molecule has 90 valence electrons. The summed E-state index contributed by atoms with van der Waals surface area (Å²) in [6, 6.07) is 6.38. The van der Waals surface area contributed by atoms with E-state index in [2.05, 4.69) is 12.2 Å². The molecule has 0 saturated heterocycles. The quantitative estimate of drug-likeness (QED) is 0.488. The summed E-state index contributed by atoms with van der Waals surface area (Å²) in [6.45, 7) is 2.96. The first-order chi connectivity index (χ1) is 8.20. The molecule has 1 heterocycles. The lowest BCUT2D eigenvalue weighted by Gasteiger charge is -1.98. The SMILES string of the molecule is CCCCNc1cc2cc([N+](=O)[O-])ccc2o1. The zero-order valence-electron chi connectivity index (χ0n) is 9.60. The number of nitrogens with one attached hydrogen (secondary N) is 1. The summed E-state index contributed by atoms with van der Waals surface area (Å²) >= 11 is 0. The lowest BCUT2D eigenvalue weighted by atomic mass is 10.2. The first-order valence-electron chi connectivity index (χ1n) is 5.62. The van der Waals surface area contributed by atoms with Crippen LogP contribution in [0.4, 0.5) is 11.6 Å². The predicted octanol–water partition coefficient (Wildman–Crippen LogP) is 3.55. The molecule has 0 spiro atoms. The van der Waals surface area contributed by atoms with Crippen molar-refractivity contribution < 1.29 is 9.34 Å². The third-order valence-electron chi connectivity index (χ3n) is 2.54. The summed E-state index contributed by atoms with van der Waals surface area (Å²) in [4.78, 5) is 10.2. The first kappa shape index (κ1) is 11.4. The third-order valence-corrected chi connectivity index (χ3v) is 2.54. The van der Waals surface area contributed by atoms with Gasteiger partial charge in [-0.05, 0) is 12.5 Å². The normalized spacial score (nSPS) is 10.6. The molecule has 1 aromatic carbocycles. The Labute approximate surface area is 98.6 Å². The van der Waals surface area contributed by atoms with Gasteiger partial charge in [-0.25, -0.2) is 0 Å². The van der Waals surface area contributed by atoms with Crippen LogP contribution in [0.3, 0.4) is 0 Å². The molecule has 5 nitrogen and oxygen atoms in total. The third kappa shape index (κ3) is 2.55. The molecule has 0 aliphatic rings. The van der Waals surface area contributed by atoms with Crippen LogP contribution in [0.15, 0.2) is 28.7 Å². The Balaban J connectivity index is 2.21. The summed E-state index contributed by atoms with van der Waals surface area (Å²) < 4.78 is 5.52. The molecule has 0 unspecified atom stereocenters. The highest BCUT2D eigenvalue weighted by molar-refractivity contribution is 5.83. The van der Waals surface area contributed by atoms with Crippen LogP contribution in [0.2, 0.25) is 0 Å². The average Bonchev–Trinajstić information content (AvgIpc) is 2.70. The van der Waals surface area contributed by atoms with Gasteiger partial charge < -0.3 is 9.73 Å². The Kier molecular flexibility index (Phi) is 3.27. The number of non-ortho nitro benzene ring substituents is 1. The molecule has 0 radical (unpaired) electrons. The summed E-state index contributed by atoms with van der Waals surface area (Å²) in [7, 11) is 0. The van der Waals surface area contributed by atoms with Gasteiger partial charge in [-0.1, -0.05) is 13.3 Å². The number of anilines is 1. The second kappa shape index (κ2) is 4.86. The van der Waals surface area contributed by atoms with Gasteiger partial charge in [-0.3, -0.25) is 10.1 Å². The van der Waals surface area contributed by atoms with Gasteiger partial charge in [-0.15, -0.1) is 0 Å². The van der Waals surface area contributed by atoms with E-state index in [0.29, 0.717) is 11.5 Å². The van der Waals surface area contributed by atoms with Crippen LogP contribution < -0.4 is 5.32 Å². The van der Waals surface area contributed by atoms with Crippen molar-refractivity contribution in [3.63, 3.8) is 0 Å². The van der Waals surface area contributed by atoms with E-state index < -0.39 is 4.92 Å². The van der Waals surface area contributed by atoms with Crippen LogP contribution >= 0.6 is 0 Å². The Morgan fingerprint density at radius 3 is 2.94 bits per heavy atom. The van der Waals surface area contributed by atoms with Gasteiger partial charge in [0.25, 0.3) is 5.69 Å². The second-order valence-corrected chi connectivity index (χ2v) is 3.87. The van der Waals surface area contributed by atoms with Crippen LogP contribution in [0.1, 0.15) is 19.8 Å². The summed E-state index contributed by atoms with van der Waals surface area (Å²) in [5, 5.41) is 14.5. The standard InChI is InChI=1S/C12H14N2O3/c1-2-3-6-13-12-8-9-7-10(14(15)16)4-5-11(9)17-12/h4-5,7-8,13H,2-3,6H2,1H3. The van der Waals surface area contributed by atoms with Crippen LogP contribution in [-0.2, 0) is 0 Å². The minimum absolute atomic E-state index is 0.0819. The minimum atomic E-state index is -0.406. The van der Waals surface area contributed by atoms with Gasteiger partial charge >= 0.3 is 0 Å². The molecule has 0 aliphatic carbocycles. The van der Waals surface area contributed by atoms with E-state index in [1.807, 2.05) is 0 Å². The van der Waals surface area contributed by atoms with Crippen molar-refractivity contribution in [2.75, 3.05) is 11.9 Å². The number of nitro groups is 1. The number of hydrogen-bond acceptors (Lipinski definition) is 4. The van der Waals surface area contributed by atoms with Gasteiger partial charge in [-0.2, -0.15) is 0 Å². The minimum Gasteiger partial charge on any atom is -0.441 e. The molecular weight excluding hydrogens is 220 g/mol. The van der Waals surface area contributed by atoms with Crippen molar-refractivity contribution in [2.45, 2.75) is 19.8 Å². The van der Waals surface area contributed by atoms with E-state index in [1.165, 1.54) is 12.1 Å². The molecule has 0 fully saturated rings. The number of furan rings is 1. The van der Waals surface area contributed by atoms with Crippen molar-refractivity contribution in [3.8, 4) is 0 Å². The van der Waals surface area contributed by atoms with E-state index >= 15 is 0 Å². The topological polar surface area (TPSA) is 68.3 Å². The molecule has 2 aromatic rings. The Bertz CT molecular complexity index is 534. The summed E-state index contributed by atoms with van der Waals surface area (Å²) in [6.07, 6.45) is 2.18. The fourth-order valence-electron chi connectivity index (χ4n) is 1.62. The molecular formula is C12H14N2O3. The van der Waals surface area contributed by atoms with Gasteiger partial charge in [0.1, 0.15) is 5.58 Å². The van der Waals surface area contributed by atoms with E-state index in [0.717, 1.165) is 24.8 Å². The van der Waals surface area contributed by atoms with Crippen molar-refractivity contribution in [1.29, 1.82) is 0 Å². The van der Waals surface area contributed by atoms with Crippen LogP contribution in [-0.4, -0.2) is 11.5 Å². The van der Waals surface area contributed by atoms with Crippen molar-refractivity contribution in [1.82, 2.24) is 0 Å². The number of benzene rings is 1. The van der Waals surface area contributed by atoms with Gasteiger partial charge in [0.05, 0.1) is 4.92 Å². The zero-order chi connectivity index (χ0) is 12.3. The average molecular weight is 234 g/mol. The van der Waals surface area contributed by atoms with E-state index in [4.69, 9.17) is 4.42 Å². The highest BCUT2D eigenvalue weighted by Gasteiger charge is 2.09. The number of hydrogen-bond donors (Lipinski definition) is 1. The Morgan fingerprint density at radius 2 is 2.24 bits per heavy atom. The molecule has 17 heavy (non-hydrogen) atoms. The molecule has 2 rings (SSSR count). The van der Waals surface area contributed by atoms with Crippen LogP contribution in [0.25, 0.3) is 11.0 Å². The number of unbranched alkanes of at least 4 members (excludes halogenated alkanes) is 1. The maximum atomic E-state index is 10.6. The summed E-state index contributed by atoms with van der Waals surface area (Å²) in [5.41, 5.74) is 0.744. The molecule has 5 heteroatoms. The largest absolute Gasteiger partial charge is 0.441 e. The lowest BCUT2D eigenvalue weighted by Crippen LogP contribution is -1.98. The number of rotatable bonds is 5. The van der Waals surface area contributed by atoms with Crippen LogP contribution in [0, 0.1) is 10.1 Å². The van der Waals surface area contributed by atoms with Crippen LogP contribution in [0.5, 0.6) is 0 Å². The number of nitrogens with zero attached hydrogens (tertiary/aromatic N) is 1. The summed E-state index contributed by atoms with van der Waals surface area (Å²) in [5.74, 6) is 0.661. The smallest absolute Gasteiger partial charge is 0.270 e. The fourth-order valence-corrected chi connectivity index (χ4v) is 1.62. The predicted molar refractivity (Wildman–Crippen MR) is 66.3 cm³/mol.